The molecule has 1 heterocycles. The quantitative estimate of drug-likeness (QED) is 0.592. The van der Waals surface area contributed by atoms with Crippen LogP contribution in [0.4, 0.5) is 5.69 Å². The number of benzene rings is 2. The maximum atomic E-state index is 13.3. The third kappa shape index (κ3) is 3.17. The van der Waals surface area contributed by atoms with Gasteiger partial charge in [0.05, 0.1) is 5.69 Å². The first-order chi connectivity index (χ1) is 13.4. The first-order valence-corrected chi connectivity index (χ1v) is 10.2. The average Bonchev–Trinajstić information content (AvgIpc) is 2.64. The molecule has 0 N–H and O–H groups in total. The summed E-state index contributed by atoms with van der Waals surface area (Å²) in [6.07, 6.45) is 2.20. The van der Waals surface area contributed by atoms with Crippen molar-refractivity contribution in [2.24, 2.45) is 0 Å². The zero-order valence-electron chi connectivity index (χ0n) is 15.9. The summed E-state index contributed by atoms with van der Waals surface area (Å²) in [5.74, 6) is -0.209. The van der Waals surface area contributed by atoms with Gasteiger partial charge in [-0.25, -0.2) is 0 Å². The lowest BCUT2D eigenvalue weighted by Gasteiger charge is -2.39. The van der Waals surface area contributed by atoms with E-state index in [9.17, 15) is 9.59 Å². The first-order valence-electron chi connectivity index (χ1n) is 9.49. The van der Waals surface area contributed by atoms with Gasteiger partial charge < -0.3 is 0 Å². The number of rotatable bonds is 2. The molecule has 0 spiro atoms. The van der Waals surface area contributed by atoms with Crippen LogP contribution in [0.5, 0.6) is 0 Å². The molecule has 1 aliphatic heterocycles. The number of ketones is 1. The topological polar surface area (TPSA) is 37.4 Å². The lowest BCUT2D eigenvalue weighted by atomic mass is 9.77. The molecule has 0 aromatic heterocycles. The minimum Gasteiger partial charge on any atom is -0.294 e. The molecule has 0 bridgehead atoms. The summed E-state index contributed by atoms with van der Waals surface area (Å²) in [4.78, 5) is 28.0. The Bertz CT molecular complexity index is 1030. The Balaban J connectivity index is 1.91. The summed E-state index contributed by atoms with van der Waals surface area (Å²) in [6.45, 7) is 4.05. The van der Waals surface area contributed by atoms with E-state index in [1.54, 1.807) is 17.0 Å². The van der Waals surface area contributed by atoms with Crippen LogP contribution in [0.3, 0.4) is 0 Å². The summed E-state index contributed by atoms with van der Waals surface area (Å²) in [5.41, 5.74) is 5.41. The van der Waals surface area contributed by atoms with Gasteiger partial charge in [0.25, 0.3) is 0 Å². The number of Topliss-reactive ketones (excluding diaryl/α,β-unsaturated/α-hetero) is 1. The minimum absolute atomic E-state index is 0.00170. The van der Waals surface area contributed by atoms with Crippen molar-refractivity contribution in [1.82, 2.24) is 0 Å². The fourth-order valence-electron chi connectivity index (χ4n) is 4.30. The van der Waals surface area contributed by atoms with Gasteiger partial charge in [0.1, 0.15) is 0 Å². The van der Waals surface area contributed by atoms with Crippen molar-refractivity contribution in [2.45, 2.75) is 45.4 Å². The van der Waals surface area contributed by atoms with Gasteiger partial charge in [0.15, 0.2) is 5.78 Å². The lowest BCUT2D eigenvalue weighted by molar-refractivity contribution is -0.119. The first kappa shape index (κ1) is 19.2. The molecular formula is C23H21Cl2NO2. The maximum Gasteiger partial charge on any atom is 0.232 e. The monoisotopic (exact) mass is 413 g/mol. The Morgan fingerprint density at radius 3 is 2.57 bits per heavy atom. The molecule has 2 aliphatic rings. The molecule has 0 radical (unpaired) electrons. The highest BCUT2D eigenvalue weighted by Crippen LogP contribution is 2.45. The molecule has 2 aromatic rings. The van der Waals surface area contributed by atoms with Crippen LogP contribution in [0.1, 0.15) is 48.3 Å². The van der Waals surface area contributed by atoms with Crippen molar-refractivity contribution < 1.29 is 9.59 Å². The van der Waals surface area contributed by atoms with Crippen LogP contribution in [0.15, 0.2) is 47.7 Å². The Morgan fingerprint density at radius 2 is 1.82 bits per heavy atom. The second-order valence-corrected chi connectivity index (χ2v) is 8.35. The van der Waals surface area contributed by atoms with Crippen LogP contribution >= 0.6 is 23.2 Å². The molecule has 1 unspecified atom stereocenters. The number of hydrogen-bond donors (Lipinski definition) is 0. The second kappa shape index (κ2) is 7.38. The van der Waals surface area contributed by atoms with Crippen LogP contribution in [0, 0.1) is 13.8 Å². The molecule has 0 fully saturated rings. The van der Waals surface area contributed by atoms with Crippen molar-refractivity contribution in [1.29, 1.82) is 0 Å². The van der Waals surface area contributed by atoms with E-state index < -0.39 is 0 Å². The predicted octanol–water partition coefficient (Wildman–Crippen LogP) is 6.14. The van der Waals surface area contributed by atoms with Crippen LogP contribution in [0.2, 0.25) is 10.0 Å². The standard InChI is InChI=1S/C23H21Cl2NO2/c1-13-5-3-6-19(14(13)2)26-20-7-4-8-21(27)23(20)17(12-22(26)28)16-10-9-15(24)11-18(16)25/h3,5-6,9-11,17H,4,7-8,12H2,1-2H3. The molecule has 144 valence electrons. The SMILES string of the molecule is Cc1cccc(N2C(=O)CC(c3ccc(Cl)cc3Cl)C3=C2CCCC3=O)c1C. The molecule has 28 heavy (non-hydrogen) atoms. The fraction of sp³-hybridized carbons (Fsp3) is 0.304. The Morgan fingerprint density at radius 1 is 1.04 bits per heavy atom. The summed E-state index contributed by atoms with van der Waals surface area (Å²) in [6, 6.07) is 11.2. The number of carbonyl (C=O) groups excluding carboxylic acids is 2. The summed E-state index contributed by atoms with van der Waals surface area (Å²) >= 11 is 12.5. The van der Waals surface area contributed by atoms with Crippen LogP contribution < -0.4 is 4.90 Å². The molecule has 1 amide bonds. The van der Waals surface area contributed by atoms with Gasteiger partial charge in [-0.3, -0.25) is 14.5 Å². The van der Waals surface area contributed by atoms with Crippen LogP contribution in [0.25, 0.3) is 0 Å². The van der Waals surface area contributed by atoms with E-state index in [1.807, 2.05) is 38.1 Å². The lowest BCUT2D eigenvalue weighted by Crippen LogP contribution is -2.41. The normalized spacial score (nSPS) is 19.9. The molecule has 5 heteroatoms. The average molecular weight is 414 g/mol. The van der Waals surface area contributed by atoms with Crippen LogP contribution in [-0.2, 0) is 9.59 Å². The summed E-state index contributed by atoms with van der Waals surface area (Å²) in [7, 11) is 0. The third-order valence-corrected chi connectivity index (χ3v) is 6.39. The number of amides is 1. The van der Waals surface area contributed by atoms with E-state index in [-0.39, 0.29) is 24.0 Å². The Kier molecular flexibility index (Phi) is 5.07. The van der Waals surface area contributed by atoms with Crippen molar-refractivity contribution in [3.05, 3.63) is 74.4 Å². The molecule has 2 aromatic carbocycles. The van der Waals surface area contributed by atoms with Gasteiger partial charge in [-0.15, -0.1) is 0 Å². The highest BCUT2D eigenvalue weighted by atomic mass is 35.5. The highest BCUT2D eigenvalue weighted by molar-refractivity contribution is 6.35. The van der Waals surface area contributed by atoms with E-state index in [2.05, 4.69) is 0 Å². The molecule has 1 atom stereocenters. The van der Waals surface area contributed by atoms with E-state index in [4.69, 9.17) is 23.2 Å². The molecule has 3 nitrogen and oxygen atoms in total. The van der Waals surface area contributed by atoms with E-state index in [0.717, 1.165) is 40.1 Å². The number of nitrogens with zero attached hydrogens (tertiary/aromatic N) is 1. The number of allylic oxidation sites excluding steroid dienone is 2. The highest BCUT2D eigenvalue weighted by Gasteiger charge is 2.40. The molecular weight excluding hydrogens is 393 g/mol. The van der Waals surface area contributed by atoms with Gasteiger partial charge in [0, 0.05) is 40.1 Å². The van der Waals surface area contributed by atoms with Crippen molar-refractivity contribution in [3.8, 4) is 0 Å². The summed E-state index contributed by atoms with van der Waals surface area (Å²) < 4.78 is 0. The molecule has 0 saturated carbocycles. The third-order valence-electron chi connectivity index (χ3n) is 5.83. The van der Waals surface area contributed by atoms with Crippen molar-refractivity contribution >= 4 is 40.6 Å². The van der Waals surface area contributed by atoms with Gasteiger partial charge >= 0.3 is 0 Å². The molecule has 1 aliphatic carbocycles. The van der Waals surface area contributed by atoms with Gasteiger partial charge in [0.2, 0.25) is 5.91 Å². The van der Waals surface area contributed by atoms with E-state index in [0.29, 0.717) is 22.9 Å². The van der Waals surface area contributed by atoms with E-state index >= 15 is 0 Å². The van der Waals surface area contributed by atoms with E-state index in [1.165, 1.54) is 0 Å². The van der Waals surface area contributed by atoms with Crippen molar-refractivity contribution in [2.75, 3.05) is 4.90 Å². The molecule has 0 saturated heterocycles. The zero-order chi connectivity index (χ0) is 20.0. The smallest absolute Gasteiger partial charge is 0.232 e. The second-order valence-electron chi connectivity index (χ2n) is 7.51. The zero-order valence-corrected chi connectivity index (χ0v) is 17.4. The largest absolute Gasteiger partial charge is 0.294 e. The van der Waals surface area contributed by atoms with Gasteiger partial charge in [-0.1, -0.05) is 41.4 Å². The number of anilines is 1. The van der Waals surface area contributed by atoms with Crippen LogP contribution in [-0.4, -0.2) is 11.7 Å². The minimum atomic E-state index is -0.318. The Labute approximate surface area is 174 Å². The van der Waals surface area contributed by atoms with Gasteiger partial charge in [-0.05, 0) is 61.6 Å². The number of aryl methyl sites for hydroxylation is 1. The number of carbonyl (C=O) groups is 2. The maximum absolute atomic E-state index is 13.3. The van der Waals surface area contributed by atoms with Gasteiger partial charge in [-0.2, -0.15) is 0 Å². The number of halogens is 2. The fourth-order valence-corrected chi connectivity index (χ4v) is 4.84. The van der Waals surface area contributed by atoms with Crippen molar-refractivity contribution in [3.63, 3.8) is 0 Å². The Hall–Kier alpha value is -2.10. The predicted molar refractivity (Wildman–Crippen MR) is 113 cm³/mol. The summed E-state index contributed by atoms with van der Waals surface area (Å²) in [5, 5.41) is 1.03. The number of hydrogen-bond acceptors (Lipinski definition) is 2. The molecule has 4 rings (SSSR count).